The molecule has 0 saturated heterocycles. The number of aryl methyl sites for hydroxylation is 1. The Balaban J connectivity index is 1.79. The fraction of sp³-hybridized carbons (Fsp3) is 0.700. The summed E-state index contributed by atoms with van der Waals surface area (Å²) in [6.07, 6.45) is 15.1. The maximum atomic E-state index is 3.99. The van der Waals surface area contributed by atoms with E-state index in [0.717, 1.165) is 12.1 Å². The molecular weight excluding hydrogens is 254 g/mol. The van der Waals surface area contributed by atoms with Crippen LogP contribution in [0, 0.1) is 0 Å². The van der Waals surface area contributed by atoms with E-state index in [2.05, 4.69) is 42.6 Å². The van der Waals surface area contributed by atoms with E-state index in [1.54, 1.807) is 0 Å². The van der Waals surface area contributed by atoms with Gasteiger partial charge in [-0.05, 0) is 37.7 Å². The van der Waals surface area contributed by atoms with E-state index < -0.39 is 0 Å². The molecule has 1 aromatic carbocycles. The van der Waals surface area contributed by atoms with Gasteiger partial charge in [0.05, 0.1) is 0 Å². The first kappa shape index (κ1) is 16.5. The molecule has 0 radical (unpaired) electrons. The van der Waals surface area contributed by atoms with Gasteiger partial charge >= 0.3 is 0 Å². The third-order valence-corrected chi connectivity index (χ3v) is 4.86. The second kappa shape index (κ2) is 10.00. The maximum absolute atomic E-state index is 3.99. The molecule has 1 heteroatoms. The van der Waals surface area contributed by atoms with Crippen molar-refractivity contribution in [1.29, 1.82) is 0 Å². The molecule has 1 aliphatic rings. The minimum atomic E-state index is 0.722. The first-order chi connectivity index (χ1) is 10.4. The Hall–Kier alpha value is -0.820. The molecule has 1 fully saturated rings. The molecule has 1 N–H and O–H groups in total. The molecule has 1 nitrogen and oxygen atoms in total. The van der Waals surface area contributed by atoms with Crippen molar-refractivity contribution in [3.8, 4) is 0 Å². The monoisotopic (exact) mass is 287 g/mol. The SMILES string of the molecule is CCCCC[C@H](CCc1ccccc1)NC1CCCCC1. The minimum Gasteiger partial charge on any atom is -0.311 e. The van der Waals surface area contributed by atoms with E-state index >= 15 is 0 Å². The third kappa shape index (κ3) is 6.65. The molecule has 0 unspecified atom stereocenters. The molecule has 1 saturated carbocycles. The summed E-state index contributed by atoms with van der Waals surface area (Å²) in [5.41, 5.74) is 1.49. The lowest BCUT2D eigenvalue weighted by molar-refractivity contribution is 0.314. The zero-order valence-electron chi connectivity index (χ0n) is 13.8. The standard InChI is InChI=1S/C20H33N/c1-2-3-6-13-20(21-19-14-9-5-10-15-19)17-16-18-11-7-4-8-12-18/h4,7-8,11-12,19-21H,2-3,5-6,9-10,13-17H2,1H3/t20-/m1/s1. The predicted molar refractivity (Wildman–Crippen MR) is 92.7 cm³/mol. The van der Waals surface area contributed by atoms with Gasteiger partial charge in [-0.15, -0.1) is 0 Å². The molecule has 0 spiro atoms. The summed E-state index contributed by atoms with van der Waals surface area (Å²) < 4.78 is 0. The molecular formula is C20H33N. The van der Waals surface area contributed by atoms with Gasteiger partial charge in [-0.3, -0.25) is 0 Å². The smallest absolute Gasteiger partial charge is 0.00728 e. The van der Waals surface area contributed by atoms with E-state index in [1.165, 1.54) is 76.2 Å². The van der Waals surface area contributed by atoms with Crippen LogP contribution in [-0.2, 0) is 6.42 Å². The maximum Gasteiger partial charge on any atom is 0.00728 e. The molecule has 1 aromatic rings. The van der Waals surface area contributed by atoms with Gasteiger partial charge in [-0.1, -0.05) is 75.8 Å². The number of hydrogen-bond donors (Lipinski definition) is 1. The van der Waals surface area contributed by atoms with Gasteiger partial charge in [0.15, 0.2) is 0 Å². The molecule has 0 aliphatic heterocycles. The van der Waals surface area contributed by atoms with Gasteiger partial charge < -0.3 is 5.32 Å². The summed E-state index contributed by atoms with van der Waals surface area (Å²) in [5, 5.41) is 3.99. The van der Waals surface area contributed by atoms with Gasteiger partial charge in [0.2, 0.25) is 0 Å². The van der Waals surface area contributed by atoms with Crippen LogP contribution in [0.2, 0.25) is 0 Å². The molecule has 21 heavy (non-hydrogen) atoms. The lowest BCUT2D eigenvalue weighted by Crippen LogP contribution is -2.39. The van der Waals surface area contributed by atoms with Crippen molar-refractivity contribution >= 4 is 0 Å². The number of nitrogens with one attached hydrogen (secondary N) is 1. The Kier molecular flexibility index (Phi) is 7.88. The van der Waals surface area contributed by atoms with E-state index in [9.17, 15) is 0 Å². The predicted octanol–water partition coefficient (Wildman–Crippen LogP) is 5.49. The molecule has 0 amide bonds. The highest BCUT2D eigenvalue weighted by atomic mass is 14.9. The van der Waals surface area contributed by atoms with Crippen LogP contribution >= 0.6 is 0 Å². The topological polar surface area (TPSA) is 12.0 Å². The average molecular weight is 287 g/mol. The van der Waals surface area contributed by atoms with Crippen LogP contribution < -0.4 is 5.32 Å². The van der Waals surface area contributed by atoms with Crippen LogP contribution in [0.5, 0.6) is 0 Å². The van der Waals surface area contributed by atoms with Crippen LogP contribution in [0.3, 0.4) is 0 Å². The Morgan fingerprint density at radius 2 is 1.76 bits per heavy atom. The Morgan fingerprint density at radius 1 is 1.00 bits per heavy atom. The van der Waals surface area contributed by atoms with Gasteiger partial charge in [0.1, 0.15) is 0 Å². The quantitative estimate of drug-likeness (QED) is 0.592. The van der Waals surface area contributed by atoms with Crippen LogP contribution in [0.1, 0.15) is 76.7 Å². The lowest BCUT2D eigenvalue weighted by atomic mass is 9.93. The van der Waals surface area contributed by atoms with Crippen LogP contribution in [0.15, 0.2) is 30.3 Å². The van der Waals surface area contributed by atoms with Crippen molar-refractivity contribution in [2.75, 3.05) is 0 Å². The molecule has 0 heterocycles. The first-order valence-corrected chi connectivity index (χ1v) is 9.18. The first-order valence-electron chi connectivity index (χ1n) is 9.18. The van der Waals surface area contributed by atoms with Gasteiger partial charge in [0, 0.05) is 12.1 Å². The van der Waals surface area contributed by atoms with Crippen LogP contribution in [-0.4, -0.2) is 12.1 Å². The zero-order valence-corrected chi connectivity index (χ0v) is 13.8. The number of benzene rings is 1. The largest absolute Gasteiger partial charge is 0.311 e. The van der Waals surface area contributed by atoms with Gasteiger partial charge in [-0.25, -0.2) is 0 Å². The van der Waals surface area contributed by atoms with Crippen LogP contribution in [0.4, 0.5) is 0 Å². The normalized spacial score (nSPS) is 17.8. The van der Waals surface area contributed by atoms with Crippen molar-refractivity contribution in [3.05, 3.63) is 35.9 Å². The molecule has 0 aromatic heterocycles. The Labute approximate surface area is 131 Å². The third-order valence-electron chi connectivity index (χ3n) is 4.86. The summed E-state index contributed by atoms with van der Waals surface area (Å²) in [6.45, 7) is 2.30. The zero-order chi connectivity index (χ0) is 14.8. The van der Waals surface area contributed by atoms with E-state index in [0.29, 0.717) is 0 Å². The van der Waals surface area contributed by atoms with Crippen LogP contribution in [0.25, 0.3) is 0 Å². The van der Waals surface area contributed by atoms with Crippen molar-refractivity contribution in [2.24, 2.45) is 0 Å². The molecule has 1 aliphatic carbocycles. The summed E-state index contributed by atoms with van der Waals surface area (Å²) >= 11 is 0. The number of hydrogen-bond acceptors (Lipinski definition) is 1. The Morgan fingerprint density at radius 3 is 2.48 bits per heavy atom. The van der Waals surface area contributed by atoms with Crippen molar-refractivity contribution < 1.29 is 0 Å². The van der Waals surface area contributed by atoms with Gasteiger partial charge in [0.25, 0.3) is 0 Å². The minimum absolute atomic E-state index is 0.722. The van der Waals surface area contributed by atoms with Crippen molar-refractivity contribution in [2.45, 2.75) is 89.6 Å². The summed E-state index contributed by atoms with van der Waals surface area (Å²) in [5.74, 6) is 0. The highest BCUT2D eigenvalue weighted by molar-refractivity contribution is 5.14. The second-order valence-electron chi connectivity index (χ2n) is 6.72. The van der Waals surface area contributed by atoms with Crippen molar-refractivity contribution in [1.82, 2.24) is 5.32 Å². The molecule has 2 rings (SSSR count). The molecule has 0 bridgehead atoms. The Bertz CT molecular complexity index is 353. The average Bonchev–Trinajstić information content (AvgIpc) is 2.54. The fourth-order valence-electron chi connectivity index (χ4n) is 3.54. The van der Waals surface area contributed by atoms with E-state index in [-0.39, 0.29) is 0 Å². The van der Waals surface area contributed by atoms with E-state index in [1.807, 2.05) is 0 Å². The highest BCUT2D eigenvalue weighted by Crippen LogP contribution is 2.20. The molecule has 118 valence electrons. The molecule has 1 atom stereocenters. The summed E-state index contributed by atoms with van der Waals surface area (Å²) in [4.78, 5) is 0. The number of unbranched alkanes of at least 4 members (excludes halogenated alkanes) is 2. The van der Waals surface area contributed by atoms with Gasteiger partial charge in [-0.2, -0.15) is 0 Å². The summed E-state index contributed by atoms with van der Waals surface area (Å²) in [6, 6.07) is 12.5. The van der Waals surface area contributed by atoms with Crippen molar-refractivity contribution in [3.63, 3.8) is 0 Å². The second-order valence-corrected chi connectivity index (χ2v) is 6.72. The van der Waals surface area contributed by atoms with E-state index in [4.69, 9.17) is 0 Å². The summed E-state index contributed by atoms with van der Waals surface area (Å²) in [7, 11) is 0. The number of rotatable bonds is 9. The highest BCUT2D eigenvalue weighted by Gasteiger charge is 2.17. The lowest BCUT2D eigenvalue weighted by Gasteiger charge is -2.29. The fourth-order valence-corrected chi connectivity index (χ4v) is 3.54.